The highest BCUT2D eigenvalue weighted by molar-refractivity contribution is 7.93. The van der Waals surface area contributed by atoms with E-state index >= 15 is 0 Å². The number of hydrogen-bond acceptors (Lipinski definition) is 5. The number of amides is 2. The second-order valence-corrected chi connectivity index (χ2v) is 10.1. The molecule has 0 aliphatic carbocycles. The number of nitrogens with zero attached hydrogens (tertiary/aromatic N) is 4. The number of aromatic nitrogens is 1. The van der Waals surface area contributed by atoms with Crippen LogP contribution in [0.25, 0.3) is 0 Å². The van der Waals surface area contributed by atoms with E-state index < -0.39 is 15.6 Å². The van der Waals surface area contributed by atoms with Crippen molar-refractivity contribution in [1.29, 1.82) is 5.26 Å². The Labute approximate surface area is 181 Å². The molecule has 0 saturated carbocycles. The van der Waals surface area contributed by atoms with Crippen LogP contribution in [0.2, 0.25) is 0 Å². The summed E-state index contributed by atoms with van der Waals surface area (Å²) in [5, 5.41) is 8.65. The van der Waals surface area contributed by atoms with Gasteiger partial charge in [-0.05, 0) is 49.1 Å². The number of likely N-dealkylation sites (tertiary alicyclic amines) is 1. The maximum Gasteiger partial charge on any atom is 0.272 e. The normalized spacial score (nSPS) is 16.2. The Morgan fingerprint density at radius 1 is 1.23 bits per heavy atom. The third kappa shape index (κ3) is 5.95. The van der Waals surface area contributed by atoms with Gasteiger partial charge in [0, 0.05) is 31.0 Å². The quantitative estimate of drug-likeness (QED) is 0.708. The Balaban J connectivity index is 1.57. The molecule has 0 N–H and O–H groups in total. The lowest BCUT2D eigenvalue weighted by Gasteiger charge is -2.32. The van der Waals surface area contributed by atoms with Gasteiger partial charge in [0.1, 0.15) is 23.3 Å². The van der Waals surface area contributed by atoms with E-state index in [2.05, 4.69) is 9.35 Å². The van der Waals surface area contributed by atoms with Crippen molar-refractivity contribution in [3.8, 4) is 6.07 Å². The minimum absolute atomic E-state index is 0.106. The average Bonchev–Trinajstić information content (AvgIpc) is 2.78. The van der Waals surface area contributed by atoms with Crippen molar-refractivity contribution >= 4 is 21.5 Å². The maximum atomic E-state index is 13.0. The molecule has 7 nitrogen and oxygen atoms in total. The largest absolute Gasteiger partial charge is 0.337 e. The van der Waals surface area contributed by atoms with E-state index in [9.17, 15) is 18.2 Å². The van der Waals surface area contributed by atoms with Gasteiger partial charge in [-0.2, -0.15) is 9.62 Å². The van der Waals surface area contributed by atoms with Gasteiger partial charge in [0.25, 0.3) is 11.8 Å². The number of aryl methyl sites for hydroxylation is 1. The summed E-state index contributed by atoms with van der Waals surface area (Å²) < 4.78 is 30.0. The molecule has 9 heteroatoms. The molecule has 2 amide bonds. The Morgan fingerprint density at radius 2 is 1.90 bits per heavy atom. The molecule has 1 unspecified atom stereocenters. The molecule has 1 saturated heterocycles. The standard InChI is InChI=1S/C22H23FN4O3S/c1-31(30,26-21(28)10-7-16-5-8-17(23)9-6-16)19-11-13-27(14-12-19)22(29)20-4-2-3-18(15-24)25-20/h2-6,8-9,19H,7,10-14H2,1H3. The molecule has 1 fully saturated rings. The van der Waals surface area contributed by atoms with Gasteiger partial charge < -0.3 is 4.90 Å². The molecule has 3 rings (SSSR count). The molecule has 1 atom stereocenters. The van der Waals surface area contributed by atoms with Crippen LogP contribution in [0, 0.1) is 17.1 Å². The van der Waals surface area contributed by atoms with Crippen molar-refractivity contribution in [1.82, 2.24) is 9.88 Å². The number of piperidine rings is 1. The highest BCUT2D eigenvalue weighted by Crippen LogP contribution is 2.21. The first-order valence-electron chi connectivity index (χ1n) is 9.93. The Hall–Kier alpha value is -3.12. The number of halogens is 1. The van der Waals surface area contributed by atoms with Crippen LogP contribution in [0.3, 0.4) is 0 Å². The summed E-state index contributed by atoms with van der Waals surface area (Å²) in [4.78, 5) is 30.5. The van der Waals surface area contributed by atoms with Crippen molar-refractivity contribution < 1.29 is 18.2 Å². The molecule has 1 aliphatic rings. The predicted octanol–water partition coefficient (Wildman–Crippen LogP) is 2.95. The molecule has 2 heterocycles. The first kappa shape index (κ1) is 22.6. The molecule has 1 aromatic heterocycles. The first-order chi connectivity index (χ1) is 14.8. The topological polar surface area (TPSA) is 103 Å². The number of hydrogen-bond donors (Lipinski definition) is 0. The van der Waals surface area contributed by atoms with Crippen molar-refractivity contribution in [2.75, 3.05) is 19.3 Å². The summed E-state index contributed by atoms with van der Waals surface area (Å²) in [5.74, 6) is -1.05. The zero-order chi connectivity index (χ0) is 22.4. The van der Waals surface area contributed by atoms with E-state index in [0.29, 0.717) is 32.4 Å². The van der Waals surface area contributed by atoms with E-state index in [1.807, 2.05) is 6.07 Å². The first-order valence-corrected chi connectivity index (χ1v) is 11.9. The molecule has 0 radical (unpaired) electrons. The van der Waals surface area contributed by atoms with Crippen LogP contribution in [-0.2, 0) is 20.9 Å². The van der Waals surface area contributed by atoms with Crippen LogP contribution in [0.4, 0.5) is 4.39 Å². The summed E-state index contributed by atoms with van der Waals surface area (Å²) in [6, 6.07) is 12.5. The Morgan fingerprint density at radius 3 is 2.55 bits per heavy atom. The summed E-state index contributed by atoms with van der Waals surface area (Å²) in [6.45, 7) is 0.762. The van der Waals surface area contributed by atoms with E-state index in [-0.39, 0.29) is 34.8 Å². The molecule has 0 spiro atoms. The van der Waals surface area contributed by atoms with Crippen LogP contribution >= 0.6 is 0 Å². The number of pyridine rings is 1. The third-order valence-electron chi connectivity index (χ3n) is 5.25. The Kier molecular flexibility index (Phi) is 7.13. The van der Waals surface area contributed by atoms with Gasteiger partial charge in [0.05, 0.1) is 9.73 Å². The van der Waals surface area contributed by atoms with E-state index in [4.69, 9.17) is 5.26 Å². The van der Waals surface area contributed by atoms with Crippen molar-refractivity contribution in [3.63, 3.8) is 0 Å². The summed E-state index contributed by atoms with van der Waals surface area (Å²) >= 11 is 0. The minimum atomic E-state index is -2.75. The lowest BCUT2D eigenvalue weighted by Crippen LogP contribution is -2.42. The van der Waals surface area contributed by atoms with E-state index in [0.717, 1.165) is 5.56 Å². The monoisotopic (exact) mass is 442 g/mol. The number of rotatable bonds is 5. The summed E-state index contributed by atoms with van der Waals surface area (Å²) in [6.07, 6.45) is 2.93. The van der Waals surface area contributed by atoms with Gasteiger partial charge in [-0.1, -0.05) is 18.2 Å². The van der Waals surface area contributed by atoms with Gasteiger partial charge in [0.15, 0.2) is 0 Å². The highest BCUT2D eigenvalue weighted by Gasteiger charge is 2.29. The molecular weight excluding hydrogens is 419 g/mol. The van der Waals surface area contributed by atoms with Crippen molar-refractivity contribution in [3.05, 3.63) is 65.2 Å². The molecule has 1 aromatic carbocycles. The van der Waals surface area contributed by atoms with E-state index in [1.54, 1.807) is 29.2 Å². The predicted molar refractivity (Wildman–Crippen MR) is 114 cm³/mol. The van der Waals surface area contributed by atoms with Gasteiger partial charge in [-0.25, -0.2) is 13.6 Å². The van der Waals surface area contributed by atoms with Gasteiger partial charge in [-0.15, -0.1) is 0 Å². The fourth-order valence-electron chi connectivity index (χ4n) is 3.50. The zero-order valence-electron chi connectivity index (χ0n) is 17.2. The lowest BCUT2D eigenvalue weighted by molar-refractivity contribution is -0.117. The van der Waals surface area contributed by atoms with Crippen LogP contribution in [-0.4, -0.2) is 50.5 Å². The molecule has 2 aromatic rings. The Bertz CT molecular complexity index is 1130. The molecule has 162 valence electrons. The molecular formula is C22H23FN4O3S. The number of carbonyl (C=O) groups excluding carboxylic acids is 2. The van der Waals surface area contributed by atoms with Gasteiger partial charge in [-0.3, -0.25) is 9.59 Å². The lowest BCUT2D eigenvalue weighted by atomic mass is 10.1. The SMILES string of the molecule is CS(=O)(=NC(=O)CCc1ccc(F)cc1)C1CCN(C(=O)c2cccc(C#N)n2)CC1. The summed E-state index contributed by atoms with van der Waals surface area (Å²) in [5.41, 5.74) is 1.19. The van der Waals surface area contributed by atoms with Crippen LogP contribution in [0.1, 0.15) is 41.0 Å². The van der Waals surface area contributed by atoms with Crippen LogP contribution < -0.4 is 0 Å². The van der Waals surface area contributed by atoms with Crippen molar-refractivity contribution in [2.45, 2.75) is 30.9 Å². The highest BCUT2D eigenvalue weighted by atomic mass is 32.2. The smallest absolute Gasteiger partial charge is 0.272 e. The fraction of sp³-hybridized carbons (Fsp3) is 0.364. The summed E-state index contributed by atoms with van der Waals surface area (Å²) in [7, 11) is -2.75. The van der Waals surface area contributed by atoms with Crippen LogP contribution in [0.15, 0.2) is 46.8 Å². The second kappa shape index (κ2) is 9.79. The second-order valence-electron chi connectivity index (χ2n) is 7.48. The zero-order valence-corrected chi connectivity index (χ0v) is 18.0. The number of benzene rings is 1. The average molecular weight is 443 g/mol. The third-order valence-corrected chi connectivity index (χ3v) is 7.53. The number of nitriles is 1. The molecule has 1 aliphatic heterocycles. The van der Waals surface area contributed by atoms with Crippen LogP contribution in [0.5, 0.6) is 0 Å². The minimum Gasteiger partial charge on any atom is -0.337 e. The maximum absolute atomic E-state index is 13.0. The van der Waals surface area contributed by atoms with Gasteiger partial charge >= 0.3 is 0 Å². The molecule has 31 heavy (non-hydrogen) atoms. The van der Waals surface area contributed by atoms with E-state index in [1.165, 1.54) is 24.5 Å². The van der Waals surface area contributed by atoms with Gasteiger partial charge in [0.2, 0.25) is 0 Å². The fourth-order valence-corrected chi connectivity index (χ4v) is 5.23. The molecule has 0 bridgehead atoms. The van der Waals surface area contributed by atoms with Crippen molar-refractivity contribution in [2.24, 2.45) is 4.36 Å². The number of carbonyl (C=O) groups is 2.